The minimum atomic E-state index is -1.73. The molecule has 2 heterocycles. The third-order valence-electron chi connectivity index (χ3n) is 3.47. The first-order chi connectivity index (χ1) is 14.5. The number of carboxylic acid groups (broad SMARTS) is 1. The Bertz CT molecular complexity index is 1070. The first-order valence-corrected chi connectivity index (χ1v) is 9.67. The summed E-state index contributed by atoms with van der Waals surface area (Å²) in [5, 5.41) is 12.6. The normalized spacial score (nSPS) is 11.8. The number of aromatic carboxylic acids is 1. The summed E-state index contributed by atoms with van der Waals surface area (Å²) < 4.78 is 26.4. The Morgan fingerprint density at radius 2 is 1.66 bits per heavy atom. The lowest BCUT2D eigenvalue weighted by atomic mass is 10.2. The Morgan fingerprint density at radius 3 is 2.16 bits per heavy atom. The standard InChI is InChI=1S/C19H23ClFN5O6/c1-9-8-10(24-26(9)17(30)32-19(5,6)7)25(16(29)31-18(2,3)4)13-11(21)12(14(27)28)22-15(20)23-13/h8H,1-7H3,(H,27,28). The number of hydrogen-bond acceptors (Lipinski definition) is 8. The minimum absolute atomic E-state index is 0.238. The van der Waals surface area contributed by atoms with Crippen molar-refractivity contribution in [1.29, 1.82) is 0 Å². The van der Waals surface area contributed by atoms with Gasteiger partial charge < -0.3 is 14.6 Å². The van der Waals surface area contributed by atoms with E-state index in [1.807, 2.05) is 0 Å². The molecule has 0 aliphatic rings. The van der Waals surface area contributed by atoms with E-state index in [2.05, 4.69) is 15.1 Å². The van der Waals surface area contributed by atoms with Crippen LogP contribution in [0.1, 0.15) is 57.7 Å². The Kier molecular flexibility index (Phi) is 6.79. The summed E-state index contributed by atoms with van der Waals surface area (Å²) in [5.41, 5.74) is -2.66. The summed E-state index contributed by atoms with van der Waals surface area (Å²) in [4.78, 5) is 44.3. The lowest BCUT2D eigenvalue weighted by molar-refractivity contribution is 0.0506. The van der Waals surface area contributed by atoms with E-state index in [1.165, 1.54) is 13.0 Å². The maximum atomic E-state index is 15.0. The van der Waals surface area contributed by atoms with Gasteiger partial charge in [0.05, 0.1) is 5.69 Å². The van der Waals surface area contributed by atoms with Crippen LogP contribution < -0.4 is 4.90 Å². The van der Waals surface area contributed by atoms with Crippen LogP contribution in [0, 0.1) is 12.7 Å². The molecular formula is C19H23ClFN5O6. The quantitative estimate of drug-likeness (QED) is 0.648. The van der Waals surface area contributed by atoms with Crippen molar-refractivity contribution in [3.63, 3.8) is 0 Å². The molecule has 0 saturated heterocycles. The lowest BCUT2D eigenvalue weighted by Crippen LogP contribution is -2.36. The molecule has 0 radical (unpaired) electrons. The van der Waals surface area contributed by atoms with Crippen molar-refractivity contribution in [2.24, 2.45) is 0 Å². The lowest BCUT2D eigenvalue weighted by Gasteiger charge is -2.25. The van der Waals surface area contributed by atoms with Gasteiger partial charge in [0.2, 0.25) is 5.28 Å². The third-order valence-corrected chi connectivity index (χ3v) is 3.64. The number of aromatic nitrogens is 4. The Hall–Kier alpha value is -3.28. The third kappa shape index (κ3) is 5.90. The van der Waals surface area contributed by atoms with Crippen LogP contribution in [0.15, 0.2) is 6.07 Å². The van der Waals surface area contributed by atoms with E-state index >= 15 is 0 Å². The topological polar surface area (TPSA) is 137 Å². The van der Waals surface area contributed by atoms with Gasteiger partial charge in [-0.2, -0.15) is 9.67 Å². The molecule has 2 aromatic heterocycles. The smallest absolute Gasteiger partial charge is 0.435 e. The van der Waals surface area contributed by atoms with Gasteiger partial charge in [-0.3, -0.25) is 0 Å². The highest BCUT2D eigenvalue weighted by Crippen LogP contribution is 2.30. The number of hydrogen-bond donors (Lipinski definition) is 1. The number of anilines is 2. The fourth-order valence-electron chi connectivity index (χ4n) is 2.35. The van der Waals surface area contributed by atoms with E-state index in [0.29, 0.717) is 4.90 Å². The molecule has 0 unspecified atom stereocenters. The van der Waals surface area contributed by atoms with Crippen LogP contribution in [0.3, 0.4) is 0 Å². The molecule has 0 aliphatic carbocycles. The van der Waals surface area contributed by atoms with Crippen LogP contribution in [0.4, 0.5) is 25.6 Å². The highest BCUT2D eigenvalue weighted by molar-refractivity contribution is 6.28. The molecule has 0 aliphatic heterocycles. The zero-order chi connectivity index (χ0) is 24.6. The summed E-state index contributed by atoms with van der Waals surface area (Å²) in [6.45, 7) is 11.2. The highest BCUT2D eigenvalue weighted by Gasteiger charge is 2.34. The van der Waals surface area contributed by atoms with Gasteiger partial charge in [-0.15, -0.1) is 5.10 Å². The van der Waals surface area contributed by atoms with Crippen LogP contribution in [-0.2, 0) is 9.47 Å². The molecule has 174 valence electrons. The van der Waals surface area contributed by atoms with Crippen LogP contribution in [0.25, 0.3) is 0 Å². The van der Waals surface area contributed by atoms with Gasteiger partial charge in [0.15, 0.2) is 23.1 Å². The van der Waals surface area contributed by atoms with Crippen molar-refractivity contribution in [3.05, 3.63) is 28.6 Å². The van der Waals surface area contributed by atoms with Gasteiger partial charge in [0.25, 0.3) is 0 Å². The van der Waals surface area contributed by atoms with Crippen molar-refractivity contribution in [2.75, 3.05) is 4.90 Å². The maximum absolute atomic E-state index is 15.0. The summed E-state index contributed by atoms with van der Waals surface area (Å²) in [6.07, 6.45) is -1.99. The van der Waals surface area contributed by atoms with Gasteiger partial charge in [0.1, 0.15) is 11.2 Å². The average molecular weight is 472 g/mol. The van der Waals surface area contributed by atoms with Crippen LogP contribution in [-0.4, -0.2) is 54.2 Å². The van der Waals surface area contributed by atoms with Crippen molar-refractivity contribution in [1.82, 2.24) is 19.7 Å². The number of carbonyl (C=O) groups is 3. The van der Waals surface area contributed by atoms with Gasteiger partial charge >= 0.3 is 18.2 Å². The molecule has 32 heavy (non-hydrogen) atoms. The Morgan fingerprint density at radius 1 is 1.09 bits per heavy atom. The number of nitrogens with zero attached hydrogens (tertiary/aromatic N) is 5. The van der Waals surface area contributed by atoms with Gasteiger partial charge in [-0.05, 0) is 60.1 Å². The number of halogens is 2. The molecule has 0 bridgehead atoms. The van der Waals surface area contributed by atoms with E-state index in [1.54, 1.807) is 41.5 Å². The molecule has 0 atom stereocenters. The zero-order valence-electron chi connectivity index (χ0n) is 18.6. The summed E-state index contributed by atoms with van der Waals surface area (Å²) in [7, 11) is 0. The number of aryl methyl sites for hydroxylation is 1. The zero-order valence-corrected chi connectivity index (χ0v) is 19.3. The van der Waals surface area contributed by atoms with Gasteiger partial charge in [-0.1, -0.05) is 0 Å². The van der Waals surface area contributed by atoms with Crippen LogP contribution in [0.2, 0.25) is 5.28 Å². The molecule has 1 amide bonds. The highest BCUT2D eigenvalue weighted by atomic mass is 35.5. The number of carboxylic acids is 1. The molecule has 2 aromatic rings. The van der Waals surface area contributed by atoms with E-state index in [0.717, 1.165) is 4.68 Å². The molecule has 1 N–H and O–H groups in total. The Labute approximate surface area is 188 Å². The van der Waals surface area contributed by atoms with Crippen molar-refractivity contribution in [3.8, 4) is 0 Å². The maximum Gasteiger partial charge on any atom is 0.435 e. The predicted molar refractivity (Wildman–Crippen MR) is 111 cm³/mol. The second-order valence-electron chi connectivity index (χ2n) is 8.64. The molecule has 0 spiro atoms. The second-order valence-corrected chi connectivity index (χ2v) is 8.97. The summed E-state index contributed by atoms with van der Waals surface area (Å²) >= 11 is 5.76. The van der Waals surface area contributed by atoms with Crippen molar-refractivity contribution in [2.45, 2.75) is 59.7 Å². The average Bonchev–Trinajstić information content (AvgIpc) is 2.96. The predicted octanol–water partition coefficient (Wildman–Crippen LogP) is 4.33. The van der Waals surface area contributed by atoms with Crippen LogP contribution in [0.5, 0.6) is 0 Å². The number of amides is 1. The van der Waals surface area contributed by atoms with Crippen molar-refractivity contribution >= 4 is 41.4 Å². The van der Waals surface area contributed by atoms with Crippen molar-refractivity contribution < 1.29 is 33.4 Å². The molecule has 0 fully saturated rings. The molecular weight excluding hydrogens is 449 g/mol. The molecule has 0 saturated carbocycles. The summed E-state index contributed by atoms with van der Waals surface area (Å²) in [5.74, 6) is -4.28. The largest absolute Gasteiger partial charge is 0.476 e. The van der Waals surface area contributed by atoms with Gasteiger partial charge in [0, 0.05) is 6.07 Å². The van der Waals surface area contributed by atoms with E-state index in [9.17, 15) is 23.9 Å². The fraction of sp³-hybridized carbons (Fsp3) is 0.474. The number of rotatable bonds is 3. The number of ether oxygens (including phenoxy) is 2. The monoisotopic (exact) mass is 471 g/mol. The Balaban J connectivity index is 2.68. The van der Waals surface area contributed by atoms with E-state index in [4.69, 9.17) is 21.1 Å². The fourth-order valence-corrected chi connectivity index (χ4v) is 2.52. The molecule has 11 nitrogen and oxygen atoms in total. The second kappa shape index (κ2) is 8.69. The van der Waals surface area contributed by atoms with Gasteiger partial charge in [-0.25, -0.2) is 28.7 Å². The minimum Gasteiger partial charge on any atom is -0.476 e. The molecule has 0 aromatic carbocycles. The molecule has 13 heteroatoms. The molecule has 2 rings (SSSR count). The SMILES string of the molecule is Cc1cc(N(C(=O)OC(C)(C)C)c2nc(Cl)nc(C(=O)O)c2F)nn1C(=O)OC(C)(C)C. The van der Waals surface area contributed by atoms with Crippen LogP contribution >= 0.6 is 11.6 Å². The van der Waals surface area contributed by atoms with E-state index in [-0.39, 0.29) is 11.5 Å². The first-order valence-electron chi connectivity index (χ1n) is 9.29. The number of carbonyl (C=O) groups excluding carboxylic acids is 2. The van der Waals surface area contributed by atoms with E-state index < -0.39 is 52.0 Å². The first kappa shape index (κ1) is 25.0. The summed E-state index contributed by atoms with van der Waals surface area (Å²) in [6, 6.07) is 1.27.